The van der Waals surface area contributed by atoms with Gasteiger partial charge in [0, 0.05) is 12.7 Å². The molecule has 3 aromatic rings. The Hall–Kier alpha value is -2.74. The van der Waals surface area contributed by atoms with E-state index in [9.17, 15) is 13.2 Å². The summed E-state index contributed by atoms with van der Waals surface area (Å²) in [6.45, 7) is 3.86. The van der Waals surface area contributed by atoms with Gasteiger partial charge in [0.15, 0.2) is 0 Å². The Balaban J connectivity index is 1.85. The second-order valence-electron chi connectivity index (χ2n) is 6.64. The van der Waals surface area contributed by atoms with Crippen molar-refractivity contribution in [3.05, 3.63) is 65.2 Å². The number of aromatic nitrogens is 4. The van der Waals surface area contributed by atoms with Crippen molar-refractivity contribution < 1.29 is 17.9 Å². The predicted octanol–water partition coefficient (Wildman–Crippen LogP) is 4.55. The van der Waals surface area contributed by atoms with E-state index in [0.29, 0.717) is 12.2 Å². The fourth-order valence-electron chi connectivity index (χ4n) is 2.81. The highest BCUT2D eigenvalue weighted by Crippen LogP contribution is 2.30. The summed E-state index contributed by atoms with van der Waals surface area (Å²) >= 11 is 0. The minimum absolute atomic E-state index is 0.0792. The zero-order chi connectivity index (χ0) is 20.3. The SMILES string of the molecule is COC(C)C(C)n1nnc(-c2ccccc2Cc2ccc(C(F)(F)F)cc2)n1. The van der Waals surface area contributed by atoms with Gasteiger partial charge in [-0.1, -0.05) is 36.4 Å². The molecular formula is C20H21F3N4O. The number of rotatable bonds is 6. The van der Waals surface area contributed by atoms with E-state index >= 15 is 0 Å². The maximum atomic E-state index is 12.7. The lowest BCUT2D eigenvalue weighted by Crippen LogP contribution is -2.22. The van der Waals surface area contributed by atoms with Gasteiger partial charge in [-0.2, -0.15) is 18.0 Å². The summed E-state index contributed by atoms with van der Waals surface area (Å²) in [4.78, 5) is 1.51. The van der Waals surface area contributed by atoms with Crippen LogP contribution in [0.2, 0.25) is 0 Å². The molecule has 0 saturated carbocycles. The number of tetrazole rings is 1. The molecule has 2 aromatic carbocycles. The first kappa shape index (κ1) is 20.0. The molecule has 0 fully saturated rings. The van der Waals surface area contributed by atoms with Crippen molar-refractivity contribution in [3.8, 4) is 11.4 Å². The number of benzene rings is 2. The topological polar surface area (TPSA) is 52.8 Å². The molecule has 8 heteroatoms. The molecule has 0 N–H and O–H groups in total. The summed E-state index contributed by atoms with van der Waals surface area (Å²) in [5, 5.41) is 12.7. The number of hydrogen-bond acceptors (Lipinski definition) is 4. The summed E-state index contributed by atoms with van der Waals surface area (Å²) in [6.07, 6.45) is -3.95. The van der Waals surface area contributed by atoms with Crippen LogP contribution in [0.15, 0.2) is 48.5 Å². The van der Waals surface area contributed by atoms with E-state index in [4.69, 9.17) is 4.74 Å². The smallest absolute Gasteiger partial charge is 0.379 e. The maximum Gasteiger partial charge on any atom is 0.416 e. The third-order valence-corrected chi connectivity index (χ3v) is 4.78. The van der Waals surface area contributed by atoms with E-state index in [1.807, 2.05) is 38.1 Å². The van der Waals surface area contributed by atoms with Crippen LogP contribution in [0.4, 0.5) is 13.2 Å². The van der Waals surface area contributed by atoms with Crippen molar-refractivity contribution in [1.29, 1.82) is 0 Å². The van der Waals surface area contributed by atoms with E-state index in [-0.39, 0.29) is 12.1 Å². The first-order valence-electron chi connectivity index (χ1n) is 8.86. The molecule has 3 rings (SSSR count). The lowest BCUT2D eigenvalue weighted by Gasteiger charge is -2.16. The van der Waals surface area contributed by atoms with Gasteiger partial charge in [-0.15, -0.1) is 10.2 Å². The van der Waals surface area contributed by atoms with Crippen molar-refractivity contribution in [2.45, 2.75) is 38.6 Å². The van der Waals surface area contributed by atoms with Crippen molar-refractivity contribution >= 4 is 0 Å². The molecule has 1 aromatic heterocycles. The van der Waals surface area contributed by atoms with Crippen LogP contribution in [0.25, 0.3) is 11.4 Å². The van der Waals surface area contributed by atoms with Crippen molar-refractivity contribution in [3.63, 3.8) is 0 Å². The molecule has 0 bridgehead atoms. The minimum Gasteiger partial charge on any atom is -0.379 e. The van der Waals surface area contributed by atoms with E-state index in [0.717, 1.165) is 28.8 Å². The Morgan fingerprint density at radius 3 is 2.36 bits per heavy atom. The molecule has 0 spiro atoms. The number of hydrogen-bond donors (Lipinski definition) is 0. The summed E-state index contributed by atoms with van der Waals surface area (Å²) in [5.74, 6) is 0.470. The molecule has 0 aliphatic carbocycles. The highest BCUT2D eigenvalue weighted by molar-refractivity contribution is 5.60. The minimum atomic E-state index is -4.34. The summed E-state index contributed by atoms with van der Waals surface area (Å²) in [6, 6.07) is 12.6. The third kappa shape index (κ3) is 4.39. The molecule has 0 amide bonds. The number of halogens is 3. The van der Waals surface area contributed by atoms with Gasteiger partial charge in [0.2, 0.25) is 5.82 Å². The zero-order valence-electron chi connectivity index (χ0n) is 15.8. The Kier molecular flexibility index (Phi) is 5.79. The number of ether oxygens (including phenoxy) is 1. The zero-order valence-corrected chi connectivity index (χ0v) is 15.8. The molecule has 148 valence electrons. The van der Waals surface area contributed by atoms with Crippen LogP contribution in [-0.2, 0) is 17.3 Å². The molecule has 0 aliphatic heterocycles. The Morgan fingerprint density at radius 2 is 1.71 bits per heavy atom. The van der Waals surface area contributed by atoms with Crippen molar-refractivity contribution in [2.24, 2.45) is 0 Å². The molecule has 2 unspecified atom stereocenters. The highest BCUT2D eigenvalue weighted by atomic mass is 19.4. The van der Waals surface area contributed by atoms with E-state index < -0.39 is 11.7 Å². The molecule has 0 saturated heterocycles. The summed E-state index contributed by atoms with van der Waals surface area (Å²) < 4.78 is 43.6. The molecule has 5 nitrogen and oxygen atoms in total. The van der Waals surface area contributed by atoms with Crippen LogP contribution in [-0.4, -0.2) is 33.4 Å². The Bertz CT molecular complexity index is 922. The summed E-state index contributed by atoms with van der Waals surface area (Å²) in [7, 11) is 1.62. The van der Waals surface area contributed by atoms with Crippen LogP contribution < -0.4 is 0 Å². The molecule has 2 atom stereocenters. The Morgan fingerprint density at radius 1 is 1.04 bits per heavy atom. The van der Waals surface area contributed by atoms with Gasteiger partial charge in [-0.05, 0) is 48.7 Å². The van der Waals surface area contributed by atoms with E-state index in [2.05, 4.69) is 15.4 Å². The first-order valence-corrected chi connectivity index (χ1v) is 8.86. The van der Waals surface area contributed by atoms with Crippen LogP contribution in [0.3, 0.4) is 0 Å². The molecule has 0 radical (unpaired) electrons. The second-order valence-corrected chi connectivity index (χ2v) is 6.64. The van der Waals surface area contributed by atoms with Gasteiger partial charge < -0.3 is 4.74 Å². The van der Waals surface area contributed by atoms with Crippen LogP contribution >= 0.6 is 0 Å². The van der Waals surface area contributed by atoms with Gasteiger partial charge in [0.1, 0.15) is 0 Å². The second kappa shape index (κ2) is 8.10. The van der Waals surface area contributed by atoms with Crippen LogP contribution in [0.5, 0.6) is 0 Å². The molecular weight excluding hydrogens is 369 g/mol. The number of nitrogens with zero attached hydrogens (tertiary/aromatic N) is 4. The maximum absolute atomic E-state index is 12.7. The average Bonchev–Trinajstić information content (AvgIpc) is 3.17. The predicted molar refractivity (Wildman–Crippen MR) is 98.7 cm³/mol. The first-order chi connectivity index (χ1) is 13.3. The summed E-state index contributed by atoms with van der Waals surface area (Å²) in [5.41, 5.74) is 1.82. The molecule has 0 aliphatic rings. The highest BCUT2D eigenvalue weighted by Gasteiger charge is 2.30. The standard InChI is InChI=1S/C20H21F3N4O/c1-13(14(2)28-3)27-25-19(24-26-27)18-7-5-4-6-16(18)12-15-8-10-17(11-9-15)20(21,22)23/h4-11,13-14H,12H2,1-3H3. The number of methoxy groups -OCH3 is 1. The van der Waals surface area contributed by atoms with Crippen LogP contribution in [0, 0.1) is 0 Å². The van der Waals surface area contributed by atoms with E-state index in [1.165, 1.54) is 16.9 Å². The lowest BCUT2D eigenvalue weighted by atomic mass is 9.98. The number of alkyl halides is 3. The quantitative estimate of drug-likeness (QED) is 0.620. The van der Waals surface area contributed by atoms with Crippen molar-refractivity contribution in [1.82, 2.24) is 20.2 Å². The third-order valence-electron chi connectivity index (χ3n) is 4.78. The Labute approximate surface area is 161 Å². The van der Waals surface area contributed by atoms with Gasteiger partial charge in [-0.3, -0.25) is 0 Å². The average molecular weight is 390 g/mol. The fourth-order valence-corrected chi connectivity index (χ4v) is 2.81. The molecule has 28 heavy (non-hydrogen) atoms. The van der Waals surface area contributed by atoms with Gasteiger partial charge in [0.05, 0.1) is 17.7 Å². The lowest BCUT2D eigenvalue weighted by molar-refractivity contribution is -0.137. The van der Waals surface area contributed by atoms with Crippen LogP contribution in [0.1, 0.15) is 36.6 Å². The van der Waals surface area contributed by atoms with Gasteiger partial charge >= 0.3 is 6.18 Å². The van der Waals surface area contributed by atoms with E-state index in [1.54, 1.807) is 7.11 Å². The van der Waals surface area contributed by atoms with Gasteiger partial charge in [0.25, 0.3) is 0 Å². The monoisotopic (exact) mass is 390 g/mol. The van der Waals surface area contributed by atoms with Gasteiger partial charge in [-0.25, -0.2) is 0 Å². The molecule has 1 heterocycles. The fraction of sp³-hybridized carbons (Fsp3) is 0.350. The largest absolute Gasteiger partial charge is 0.416 e. The normalized spacial score (nSPS) is 14.1. The van der Waals surface area contributed by atoms with Crippen molar-refractivity contribution in [2.75, 3.05) is 7.11 Å².